The van der Waals surface area contributed by atoms with Crippen molar-refractivity contribution in [2.45, 2.75) is 18.7 Å². The topological polar surface area (TPSA) is 116 Å². The molecule has 1 fully saturated rings. The van der Waals surface area contributed by atoms with E-state index in [1.165, 1.54) is 16.4 Å². The largest absolute Gasteiger partial charge is 0.466 e. The lowest BCUT2D eigenvalue weighted by Gasteiger charge is -2.26. The molecule has 1 amide bonds. The molecule has 170 valence electrons. The first-order valence-corrected chi connectivity index (χ1v) is 11.6. The number of carbonyl (C=O) groups excluding carboxylic acids is 1. The highest BCUT2D eigenvalue weighted by Crippen LogP contribution is 2.27. The zero-order valence-corrected chi connectivity index (χ0v) is 19.0. The molecule has 3 aromatic rings. The Balaban J connectivity index is 1.45. The van der Waals surface area contributed by atoms with Gasteiger partial charge in [0, 0.05) is 31.5 Å². The predicted octanol–water partition coefficient (Wildman–Crippen LogP) is 1.62. The maximum absolute atomic E-state index is 12.8. The van der Waals surface area contributed by atoms with Crippen molar-refractivity contribution in [1.29, 1.82) is 0 Å². The molecule has 10 nitrogen and oxygen atoms in total. The molecule has 0 atom stereocenters. The summed E-state index contributed by atoms with van der Waals surface area (Å²) in [6.07, 6.45) is 0. The second-order valence-electron chi connectivity index (χ2n) is 7.59. The standard InChI is InChI=1S/C21H25N5O5S/c1-14-11-15(2)22-20-19(14)21(24-25(20)3)31-13-18(27)23-16-5-4-6-17(12-16)32(28,29)26-7-9-30-10-8-26/h4-6,11-12H,7-10,13H2,1-3H3,(H,23,27). The van der Waals surface area contributed by atoms with E-state index in [2.05, 4.69) is 15.4 Å². The summed E-state index contributed by atoms with van der Waals surface area (Å²) in [5.41, 5.74) is 2.87. The van der Waals surface area contributed by atoms with Gasteiger partial charge in [-0.05, 0) is 43.7 Å². The first kappa shape index (κ1) is 22.2. The van der Waals surface area contributed by atoms with E-state index in [0.29, 0.717) is 43.5 Å². The van der Waals surface area contributed by atoms with Crippen LogP contribution in [0.2, 0.25) is 0 Å². The summed E-state index contributed by atoms with van der Waals surface area (Å²) in [5, 5.41) is 7.76. The van der Waals surface area contributed by atoms with Crippen LogP contribution in [-0.2, 0) is 26.6 Å². The van der Waals surface area contributed by atoms with Crippen molar-refractivity contribution in [3.05, 3.63) is 41.6 Å². The van der Waals surface area contributed by atoms with Crippen molar-refractivity contribution in [3.8, 4) is 5.88 Å². The summed E-state index contributed by atoms with van der Waals surface area (Å²) in [5.74, 6) is -0.103. The van der Waals surface area contributed by atoms with E-state index >= 15 is 0 Å². The lowest BCUT2D eigenvalue weighted by Crippen LogP contribution is -2.40. The van der Waals surface area contributed by atoms with E-state index in [4.69, 9.17) is 9.47 Å². The zero-order chi connectivity index (χ0) is 22.9. The van der Waals surface area contributed by atoms with Crippen LogP contribution in [0.4, 0.5) is 5.69 Å². The van der Waals surface area contributed by atoms with Crippen LogP contribution in [-0.4, -0.2) is 66.3 Å². The number of morpholine rings is 1. The van der Waals surface area contributed by atoms with Gasteiger partial charge in [0.2, 0.25) is 15.9 Å². The molecule has 32 heavy (non-hydrogen) atoms. The minimum Gasteiger partial charge on any atom is -0.466 e. The molecule has 0 radical (unpaired) electrons. The molecule has 0 unspecified atom stereocenters. The first-order chi connectivity index (χ1) is 15.3. The number of amides is 1. The highest BCUT2D eigenvalue weighted by molar-refractivity contribution is 7.89. The zero-order valence-electron chi connectivity index (χ0n) is 18.2. The second-order valence-corrected chi connectivity index (χ2v) is 9.53. The Morgan fingerprint density at radius 3 is 2.72 bits per heavy atom. The van der Waals surface area contributed by atoms with E-state index in [1.807, 2.05) is 19.9 Å². The third-order valence-electron chi connectivity index (χ3n) is 5.15. The molecule has 0 aliphatic carbocycles. The molecule has 1 aromatic carbocycles. The Kier molecular flexibility index (Phi) is 6.13. The molecule has 0 spiro atoms. The number of sulfonamides is 1. The summed E-state index contributed by atoms with van der Waals surface area (Å²) in [4.78, 5) is 17.1. The fraction of sp³-hybridized carbons (Fsp3) is 0.381. The summed E-state index contributed by atoms with van der Waals surface area (Å²) >= 11 is 0. The average Bonchev–Trinajstić information content (AvgIpc) is 3.09. The van der Waals surface area contributed by atoms with E-state index in [9.17, 15) is 13.2 Å². The quantitative estimate of drug-likeness (QED) is 0.596. The number of nitrogens with one attached hydrogen (secondary N) is 1. The van der Waals surface area contributed by atoms with E-state index in [0.717, 1.165) is 16.6 Å². The molecule has 1 aliphatic rings. The van der Waals surface area contributed by atoms with Gasteiger partial charge in [-0.2, -0.15) is 4.31 Å². The average molecular weight is 460 g/mol. The molecule has 1 aliphatic heterocycles. The van der Waals surface area contributed by atoms with Crippen LogP contribution in [0, 0.1) is 13.8 Å². The number of nitrogens with zero attached hydrogens (tertiary/aromatic N) is 4. The van der Waals surface area contributed by atoms with Gasteiger partial charge < -0.3 is 14.8 Å². The van der Waals surface area contributed by atoms with Crippen LogP contribution in [0.1, 0.15) is 11.3 Å². The lowest BCUT2D eigenvalue weighted by atomic mass is 10.2. The predicted molar refractivity (Wildman–Crippen MR) is 118 cm³/mol. The van der Waals surface area contributed by atoms with E-state index in [-0.39, 0.29) is 11.5 Å². The van der Waals surface area contributed by atoms with Crippen molar-refractivity contribution < 1.29 is 22.7 Å². The number of carbonyl (C=O) groups is 1. The molecule has 3 heterocycles. The molecule has 11 heteroatoms. The SMILES string of the molecule is Cc1cc(C)c2c(OCC(=O)Nc3cccc(S(=O)(=O)N4CCOCC4)c3)nn(C)c2n1. The number of pyridine rings is 1. The molecule has 0 bridgehead atoms. The summed E-state index contributed by atoms with van der Waals surface area (Å²) < 4.78 is 39.6. The summed E-state index contributed by atoms with van der Waals surface area (Å²) in [6.45, 7) is 4.90. The fourth-order valence-electron chi connectivity index (χ4n) is 3.65. The summed E-state index contributed by atoms with van der Waals surface area (Å²) in [7, 11) is -1.89. The van der Waals surface area contributed by atoms with Gasteiger partial charge in [-0.25, -0.2) is 18.1 Å². The Labute approximate surface area is 186 Å². The maximum atomic E-state index is 12.8. The van der Waals surface area contributed by atoms with Crippen LogP contribution in [0.15, 0.2) is 35.2 Å². The molecule has 2 aromatic heterocycles. The Morgan fingerprint density at radius 1 is 1.22 bits per heavy atom. The second kappa shape index (κ2) is 8.85. The number of aromatic nitrogens is 3. The van der Waals surface area contributed by atoms with Crippen molar-refractivity contribution in [1.82, 2.24) is 19.1 Å². The van der Waals surface area contributed by atoms with Gasteiger partial charge in [0.25, 0.3) is 5.91 Å². The third kappa shape index (κ3) is 4.45. The number of hydrogen-bond acceptors (Lipinski definition) is 7. The monoisotopic (exact) mass is 459 g/mol. The van der Waals surface area contributed by atoms with Crippen molar-refractivity contribution in [2.75, 3.05) is 38.2 Å². The third-order valence-corrected chi connectivity index (χ3v) is 7.05. The van der Waals surface area contributed by atoms with Crippen LogP contribution in [0.3, 0.4) is 0 Å². The van der Waals surface area contributed by atoms with Gasteiger partial charge >= 0.3 is 0 Å². The van der Waals surface area contributed by atoms with Crippen molar-refractivity contribution in [3.63, 3.8) is 0 Å². The molecule has 1 saturated heterocycles. The Morgan fingerprint density at radius 2 is 1.97 bits per heavy atom. The molecular weight excluding hydrogens is 434 g/mol. The van der Waals surface area contributed by atoms with Gasteiger partial charge in [-0.15, -0.1) is 5.10 Å². The van der Waals surface area contributed by atoms with Crippen LogP contribution >= 0.6 is 0 Å². The highest BCUT2D eigenvalue weighted by Gasteiger charge is 2.26. The number of anilines is 1. The summed E-state index contributed by atoms with van der Waals surface area (Å²) in [6, 6.07) is 8.10. The Bertz CT molecular complexity index is 1270. The fourth-order valence-corrected chi connectivity index (χ4v) is 5.11. The number of rotatable bonds is 6. The van der Waals surface area contributed by atoms with Crippen LogP contribution in [0.25, 0.3) is 11.0 Å². The smallest absolute Gasteiger partial charge is 0.262 e. The number of benzene rings is 1. The van der Waals surface area contributed by atoms with Crippen molar-refractivity contribution >= 4 is 32.7 Å². The molecule has 1 N–H and O–H groups in total. The number of ether oxygens (including phenoxy) is 2. The van der Waals surface area contributed by atoms with Gasteiger partial charge in [0.1, 0.15) is 0 Å². The number of fused-ring (bicyclic) bond motifs is 1. The van der Waals surface area contributed by atoms with Crippen LogP contribution < -0.4 is 10.1 Å². The number of aryl methyl sites for hydroxylation is 3. The van der Waals surface area contributed by atoms with Gasteiger partial charge in [0.15, 0.2) is 12.3 Å². The normalized spacial score (nSPS) is 15.1. The maximum Gasteiger partial charge on any atom is 0.262 e. The first-order valence-electron chi connectivity index (χ1n) is 10.2. The molecule has 0 saturated carbocycles. The van der Waals surface area contributed by atoms with Gasteiger partial charge in [0.05, 0.1) is 23.5 Å². The van der Waals surface area contributed by atoms with Gasteiger partial charge in [-0.1, -0.05) is 6.07 Å². The minimum absolute atomic E-state index is 0.117. The molecular formula is C21H25N5O5S. The van der Waals surface area contributed by atoms with Crippen molar-refractivity contribution in [2.24, 2.45) is 7.05 Å². The van der Waals surface area contributed by atoms with Gasteiger partial charge in [-0.3, -0.25) is 4.79 Å². The van der Waals surface area contributed by atoms with E-state index in [1.54, 1.807) is 23.9 Å². The Hall–Kier alpha value is -3.02. The lowest BCUT2D eigenvalue weighted by molar-refractivity contribution is -0.118. The van der Waals surface area contributed by atoms with E-state index < -0.39 is 15.9 Å². The molecule has 4 rings (SSSR count). The van der Waals surface area contributed by atoms with Crippen LogP contribution in [0.5, 0.6) is 5.88 Å². The highest BCUT2D eigenvalue weighted by atomic mass is 32.2. The minimum atomic E-state index is -3.65. The number of hydrogen-bond donors (Lipinski definition) is 1.